The second kappa shape index (κ2) is 7.28. The van der Waals surface area contributed by atoms with Crippen LogP contribution in [0.15, 0.2) is 18.2 Å². The Hall–Kier alpha value is -1.06. The van der Waals surface area contributed by atoms with Gasteiger partial charge in [-0.25, -0.2) is 4.98 Å². The van der Waals surface area contributed by atoms with Gasteiger partial charge >= 0.3 is 0 Å². The number of hydrogen-bond acceptors (Lipinski definition) is 2. The Bertz CT molecular complexity index is 590. The second-order valence-electron chi connectivity index (χ2n) is 6.00. The molecule has 1 atom stereocenters. The molecule has 0 radical (unpaired) electrons. The Labute approximate surface area is 132 Å². The molecule has 1 aromatic carbocycles. The lowest BCUT2D eigenvalue weighted by molar-refractivity contribution is 0.105. The highest BCUT2D eigenvalue weighted by atomic mass is 35.5. The van der Waals surface area contributed by atoms with Crippen molar-refractivity contribution >= 4 is 22.6 Å². The first-order valence-electron chi connectivity index (χ1n) is 7.68. The molecule has 0 bridgehead atoms. The molecule has 1 unspecified atom stereocenters. The first-order valence-corrected chi connectivity index (χ1v) is 8.12. The van der Waals surface area contributed by atoms with Gasteiger partial charge in [0.2, 0.25) is 0 Å². The number of nitrogens with zero attached hydrogens (tertiary/aromatic N) is 2. The molecule has 116 valence electrons. The Morgan fingerprint density at radius 2 is 2.05 bits per heavy atom. The standard InChI is InChI=1S/C17H25ClN2O/c1-12(2)11-21-10-6-9-20-15-8-5-7-13(3)16(15)19-17(20)14(4)18/h5,7-8,12,14H,6,9-11H2,1-4H3. The topological polar surface area (TPSA) is 27.1 Å². The predicted molar refractivity (Wildman–Crippen MR) is 89.0 cm³/mol. The molecule has 2 aromatic rings. The molecule has 0 N–H and O–H groups in total. The number of benzene rings is 1. The van der Waals surface area contributed by atoms with Crippen LogP contribution < -0.4 is 0 Å². The van der Waals surface area contributed by atoms with Gasteiger partial charge in [-0.2, -0.15) is 0 Å². The molecule has 4 heteroatoms. The molecule has 1 heterocycles. The van der Waals surface area contributed by atoms with E-state index in [2.05, 4.69) is 43.5 Å². The lowest BCUT2D eigenvalue weighted by atomic mass is 10.2. The average Bonchev–Trinajstić information content (AvgIpc) is 2.79. The molecule has 0 aliphatic carbocycles. The van der Waals surface area contributed by atoms with Gasteiger partial charge in [-0.05, 0) is 37.8 Å². The van der Waals surface area contributed by atoms with Gasteiger partial charge in [-0.15, -0.1) is 11.6 Å². The molecule has 0 saturated carbocycles. The van der Waals surface area contributed by atoms with Crippen molar-refractivity contribution in [2.24, 2.45) is 5.92 Å². The van der Waals surface area contributed by atoms with Crippen LogP contribution in [0.2, 0.25) is 0 Å². The largest absolute Gasteiger partial charge is 0.381 e. The molecular weight excluding hydrogens is 284 g/mol. The average molecular weight is 309 g/mol. The maximum atomic E-state index is 6.30. The summed E-state index contributed by atoms with van der Waals surface area (Å²) < 4.78 is 7.90. The number of hydrogen-bond donors (Lipinski definition) is 0. The number of aromatic nitrogens is 2. The molecule has 0 aliphatic rings. The highest BCUT2D eigenvalue weighted by molar-refractivity contribution is 6.20. The van der Waals surface area contributed by atoms with Gasteiger partial charge in [0, 0.05) is 19.8 Å². The van der Waals surface area contributed by atoms with E-state index in [0.29, 0.717) is 5.92 Å². The summed E-state index contributed by atoms with van der Waals surface area (Å²) in [7, 11) is 0. The quantitative estimate of drug-likeness (QED) is 0.547. The lowest BCUT2D eigenvalue weighted by Crippen LogP contribution is -2.09. The lowest BCUT2D eigenvalue weighted by Gasteiger charge is -2.11. The highest BCUT2D eigenvalue weighted by Gasteiger charge is 2.15. The molecule has 0 saturated heterocycles. The Kier molecular flexibility index (Phi) is 5.65. The number of aryl methyl sites for hydroxylation is 2. The van der Waals surface area contributed by atoms with Crippen LogP contribution in [-0.4, -0.2) is 22.8 Å². The summed E-state index contributed by atoms with van der Waals surface area (Å²) in [5, 5.41) is -0.0895. The van der Waals surface area contributed by atoms with Crippen molar-refractivity contribution in [3.8, 4) is 0 Å². The minimum Gasteiger partial charge on any atom is -0.381 e. The Morgan fingerprint density at radius 3 is 2.71 bits per heavy atom. The normalized spacial score (nSPS) is 13.2. The van der Waals surface area contributed by atoms with Gasteiger partial charge in [0.25, 0.3) is 0 Å². The van der Waals surface area contributed by atoms with Gasteiger partial charge in [-0.3, -0.25) is 0 Å². The molecule has 0 amide bonds. The maximum absolute atomic E-state index is 6.30. The molecular formula is C17H25ClN2O. The monoisotopic (exact) mass is 308 g/mol. The van der Waals surface area contributed by atoms with Gasteiger partial charge in [0.1, 0.15) is 5.82 Å². The van der Waals surface area contributed by atoms with E-state index in [1.54, 1.807) is 0 Å². The fraction of sp³-hybridized carbons (Fsp3) is 0.588. The highest BCUT2D eigenvalue weighted by Crippen LogP contribution is 2.26. The van der Waals surface area contributed by atoms with E-state index in [9.17, 15) is 0 Å². The number of halogens is 1. The molecule has 0 fully saturated rings. The van der Waals surface area contributed by atoms with Crippen molar-refractivity contribution in [2.45, 2.75) is 46.0 Å². The minimum atomic E-state index is -0.0895. The molecule has 2 rings (SSSR count). The van der Waals surface area contributed by atoms with E-state index >= 15 is 0 Å². The fourth-order valence-corrected chi connectivity index (χ4v) is 2.65. The van der Waals surface area contributed by atoms with Crippen molar-refractivity contribution in [2.75, 3.05) is 13.2 Å². The third-order valence-electron chi connectivity index (χ3n) is 3.49. The zero-order valence-corrected chi connectivity index (χ0v) is 14.2. The molecule has 0 spiro atoms. The van der Waals surface area contributed by atoms with Gasteiger partial charge in [0.15, 0.2) is 0 Å². The van der Waals surface area contributed by atoms with Gasteiger partial charge < -0.3 is 9.30 Å². The zero-order chi connectivity index (χ0) is 15.4. The van der Waals surface area contributed by atoms with E-state index in [0.717, 1.165) is 37.5 Å². The van der Waals surface area contributed by atoms with Gasteiger partial charge in [-0.1, -0.05) is 26.0 Å². The van der Waals surface area contributed by atoms with Crippen molar-refractivity contribution < 1.29 is 4.74 Å². The summed E-state index contributed by atoms with van der Waals surface area (Å²) in [6, 6.07) is 6.29. The van der Waals surface area contributed by atoms with Crippen LogP contribution in [-0.2, 0) is 11.3 Å². The van der Waals surface area contributed by atoms with Crippen LogP contribution in [0.4, 0.5) is 0 Å². The van der Waals surface area contributed by atoms with Crippen molar-refractivity contribution in [3.05, 3.63) is 29.6 Å². The smallest absolute Gasteiger partial charge is 0.127 e. The molecule has 1 aromatic heterocycles. The van der Waals surface area contributed by atoms with E-state index in [-0.39, 0.29) is 5.38 Å². The van der Waals surface area contributed by atoms with E-state index < -0.39 is 0 Å². The van der Waals surface area contributed by atoms with Crippen LogP contribution in [0.1, 0.15) is 44.0 Å². The van der Waals surface area contributed by atoms with Crippen LogP contribution in [0, 0.1) is 12.8 Å². The summed E-state index contributed by atoms with van der Waals surface area (Å²) in [6.45, 7) is 10.9. The number of fused-ring (bicyclic) bond motifs is 1. The molecule has 3 nitrogen and oxygen atoms in total. The number of para-hydroxylation sites is 1. The summed E-state index contributed by atoms with van der Waals surface area (Å²) in [6.07, 6.45) is 0.975. The van der Waals surface area contributed by atoms with Crippen molar-refractivity contribution in [1.29, 1.82) is 0 Å². The summed E-state index contributed by atoms with van der Waals surface area (Å²) in [5.74, 6) is 1.53. The number of ether oxygens (including phenoxy) is 1. The summed E-state index contributed by atoms with van der Waals surface area (Å²) in [4.78, 5) is 4.73. The number of alkyl halides is 1. The summed E-state index contributed by atoms with van der Waals surface area (Å²) >= 11 is 6.30. The molecule has 0 aliphatic heterocycles. The zero-order valence-electron chi connectivity index (χ0n) is 13.4. The third-order valence-corrected chi connectivity index (χ3v) is 3.68. The van der Waals surface area contributed by atoms with Crippen molar-refractivity contribution in [1.82, 2.24) is 9.55 Å². The van der Waals surface area contributed by atoms with Crippen molar-refractivity contribution in [3.63, 3.8) is 0 Å². The predicted octanol–water partition coefficient (Wildman–Crippen LogP) is 4.71. The van der Waals surface area contributed by atoms with Crippen LogP contribution in [0.5, 0.6) is 0 Å². The second-order valence-corrected chi connectivity index (χ2v) is 6.66. The number of rotatable bonds is 7. The van der Waals surface area contributed by atoms with Crippen LogP contribution in [0.25, 0.3) is 11.0 Å². The van der Waals surface area contributed by atoms with Gasteiger partial charge in [0.05, 0.1) is 16.4 Å². The Balaban J connectivity index is 2.13. The first-order chi connectivity index (χ1) is 10.0. The van der Waals surface area contributed by atoms with E-state index in [1.807, 2.05) is 6.92 Å². The SMILES string of the molecule is Cc1cccc2c1nc(C(C)Cl)n2CCCOCC(C)C. The Morgan fingerprint density at radius 1 is 1.29 bits per heavy atom. The summed E-state index contributed by atoms with van der Waals surface area (Å²) in [5.41, 5.74) is 3.42. The first kappa shape index (κ1) is 16.3. The van der Waals surface area contributed by atoms with Crippen LogP contribution in [0.3, 0.4) is 0 Å². The van der Waals surface area contributed by atoms with Crippen LogP contribution >= 0.6 is 11.6 Å². The fourth-order valence-electron chi connectivity index (χ4n) is 2.49. The van der Waals surface area contributed by atoms with E-state index in [1.165, 1.54) is 11.1 Å². The van der Waals surface area contributed by atoms with E-state index in [4.69, 9.17) is 21.3 Å². The maximum Gasteiger partial charge on any atom is 0.127 e. The third kappa shape index (κ3) is 3.98. The number of imidazole rings is 1. The molecule has 21 heavy (non-hydrogen) atoms. The minimum absolute atomic E-state index is 0.0895.